The molecule has 0 unspecified atom stereocenters. The molecule has 2 aliphatic heterocycles. The van der Waals surface area contributed by atoms with Crippen molar-refractivity contribution >= 4 is 27.9 Å². The number of carbonyl (C=O) groups excluding carboxylic acids is 3. The minimum Gasteiger partial charge on any atom is -0.497 e. The van der Waals surface area contributed by atoms with Gasteiger partial charge in [0.25, 0.3) is 5.91 Å². The first-order valence-electron chi connectivity index (χ1n) is 18.8. The molecule has 2 N–H and O–H groups in total. The first kappa shape index (κ1) is 38.1. The number of allylic oxidation sites excluding steroid dienone is 1. The number of aromatic nitrogens is 2. The summed E-state index contributed by atoms with van der Waals surface area (Å²) in [5.41, 5.74) is 0.815. The van der Waals surface area contributed by atoms with Gasteiger partial charge in [0, 0.05) is 37.1 Å². The molecule has 3 aromatic rings. The molecule has 4 aliphatic rings. The lowest BCUT2D eigenvalue weighted by Gasteiger charge is -2.32. The van der Waals surface area contributed by atoms with Crippen LogP contribution in [0.4, 0.5) is 4.79 Å². The van der Waals surface area contributed by atoms with Crippen LogP contribution in [-0.2, 0) is 26.2 Å². The fourth-order valence-corrected chi connectivity index (χ4v) is 8.58. The fourth-order valence-electron chi connectivity index (χ4n) is 7.27. The van der Waals surface area contributed by atoms with Crippen molar-refractivity contribution in [1.82, 2.24) is 29.8 Å². The van der Waals surface area contributed by atoms with Crippen molar-refractivity contribution < 1.29 is 37.0 Å². The zero-order valence-electron chi connectivity index (χ0n) is 31.4. The number of urea groups is 1. The van der Waals surface area contributed by atoms with E-state index in [2.05, 4.69) is 20.0 Å². The van der Waals surface area contributed by atoms with E-state index in [1.54, 1.807) is 25.0 Å². The number of nitrogens with zero attached hydrogens (tertiary/aromatic N) is 4. The average molecular weight is 773 g/mol. The van der Waals surface area contributed by atoms with Crippen molar-refractivity contribution in [1.29, 1.82) is 0 Å². The largest absolute Gasteiger partial charge is 0.497 e. The molecule has 0 bridgehead atoms. The first-order chi connectivity index (χ1) is 26.4. The topological polar surface area (TPSA) is 169 Å². The molecule has 1 saturated heterocycles. The molecule has 15 heteroatoms. The van der Waals surface area contributed by atoms with Crippen LogP contribution in [0.1, 0.15) is 63.9 Å². The molecule has 2 aromatic carbocycles. The molecule has 292 valence electrons. The van der Waals surface area contributed by atoms with E-state index in [0.717, 1.165) is 36.8 Å². The Kier molecular flexibility index (Phi) is 10.8. The number of nitrogens with one attached hydrogen (secondary N) is 2. The molecule has 1 aromatic heterocycles. The Morgan fingerprint density at radius 3 is 2.47 bits per heavy atom. The summed E-state index contributed by atoms with van der Waals surface area (Å²) in [7, 11) is -0.910. The van der Waals surface area contributed by atoms with Gasteiger partial charge in [-0.2, -0.15) is 9.97 Å². The highest BCUT2D eigenvalue weighted by Crippen LogP contribution is 2.47. The molecule has 2 aliphatic carbocycles. The second-order valence-electron chi connectivity index (χ2n) is 15.1. The molecule has 3 fully saturated rings. The van der Waals surface area contributed by atoms with E-state index in [1.807, 2.05) is 66.7 Å². The normalized spacial score (nSPS) is 25.0. The van der Waals surface area contributed by atoms with E-state index >= 15 is 0 Å². The van der Waals surface area contributed by atoms with Crippen molar-refractivity contribution in [3.8, 4) is 28.9 Å². The summed E-state index contributed by atoms with van der Waals surface area (Å²) in [6, 6.07) is 17.4. The number of hydrogen-bond donors (Lipinski definition) is 2. The summed E-state index contributed by atoms with van der Waals surface area (Å²) < 4.78 is 44.7. The highest BCUT2D eigenvalue weighted by Gasteiger charge is 2.63. The van der Waals surface area contributed by atoms with E-state index in [-0.39, 0.29) is 37.3 Å². The molecule has 0 spiro atoms. The first-order valence-corrected chi connectivity index (χ1v) is 20.3. The molecule has 3 heterocycles. The van der Waals surface area contributed by atoms with Gasteiger partial charge in [-0.15, -0.1) is 0 Å². The standard InChI is InChI=1S/C40H48N6O8S/c1-39(19-20-39)55(50,51)44-36(48)40-24-29(40)14-10-5-4-6-11-21-45(25-27-15-17-30(52-2)18-16-27)38(49)46-26-31(22-33(46)35(47)43-40)54-34-23-32(41-37(42-34)53-3)28-12-8-7-9-13-28/h7-10,12-18,23,29,31,33H,4-6,11,19-22,24-26H2,1-3H3,(H,43,47)(H,44,48)/t29-,31-,33+,40-/m1/s1. The van der Waals surface area contributed by atoms with Crippen LogP contribution in [0.5, 0.6) is 17.6 Å². The van der Waals surface area contributed by atoms with Gasteiger partial charge in [0.05, 0.1) is 31.2 Å². The predicted octanol–water partition coefficient (Wildman–Crippen LogP) is 4.61. The maximum Gasteiger partial charge on any atom is 0.321 e. The Bertz CT molecular complexity index is 2040. The molecule has 4 amide bonds. The van der Waals surface area contributed by atoms with Crippen LogP contribution in [-0.4, -0.2) is 95.8 Å². The van der Waals surface area contributed by atoms with Crippen LogP contribution in [0.25, 0.3) is 11.3 Å². The van der Waals surface area contributed by atoms with Crippen LogP contribution >= 0.6 is 0 Å². The van der Waals surface area contributed by atoms with E-state index in [1.165, 1.54) is 12.0 Å². The van der Waals surface area contributed by atoms with Crippen molar-refractivity contribution in [2.75, 3.05) is 27.3 Å². The Hall–Kier alpha value is -5.18. The third kappa shape index (κ3) is 8.26. The van der Waals surface area contributed by atoms with E-state index < -0.39 is 50.2 Å². The zero-order valence-corrected chi connectivity index (χ0v) is 32.2. The molecule has 0 radical (unpaired) electrons. The molecule has 14 nitrogen and oxygen atoms in total. The van der Waals surface area contributed by atoms with Crippen LogP contribution in [0, 0.1) is 5.92 Å². The number of benzene rings is 2. The number of rotatable bonds is 10. The number of fused-ring (bicyclic) bond motifs is 2. The zero-order chi connectivity index (χ0) is 38.8. The van der Waals surface area contributed by atoms with Gasteiger partial charge >= 0.3 is 12.0 Å². The third-order valence-electron chi connectivity index (χ3n) is 11.1. The molecule has 2 saturated carbocycles. The van der Waals surface area contributed by atoms with Gasteiger partial charge in [0.2, 0.25) is 21.8 Å². The lowest BCUT2D eigenvalue weighted by Crippen LogP contribution is -2.58. The van der Waals surface area contributed by atoms with Crippen LogP contribution in [0.2, 0.25) is 0 Å². The second-order valence-corrected chi connectivity index (χ2v) is 17.3. The van der Waals surface area contributed by atoms with E-state index in [9.17, 15) is 22.8 Å². The lowest BCUT2D eigenvalue weighted by molar-refractivity contribution is -0.131. The summed E-state index contributed by atoms with van der Waals surface area (Å²) in [5.74, 6) is -0.825. The SMILES string of the molecule is COc1ccc(CN2CCCCCC=C[C@@H]3C[C@@]3(C(=O)NS(=O)(=O)C3(C)CC3)NC(=O)[C@@H]3C[C@@H](Oc4cc(-c5ccccc5)nc(OC)n4)CN3C2=O)cc1. The van der Waals surface area contributed by atoms with Crippen LogP contribution < -0.4 is 24.2 Å². The maximum atomic E-state index is 14.7. The van der Waals surface area contributed by atoms with Crippen molar-refractivity contribution in [2.24, 2.45) is 5.92 Å². The summed E-state index contributed by atoms with van der Waals surface area (Å²) in [4.78, 5) is 55.2. The van der Waals surface area contributed by atoms with Gasteiger partial charge in [-0.3, -0.25) is 14.3 Å². The monoisotopic (exact) mass is 772 g/mol. The number of ether oxygens (including phenoxy) is 3. The van der Waals surface area contributed by atoms with Crippen LogP contribution in [0.15, 0.2) is 72.8 Å². The van der Waals surface area contributed by atoms with Gasteiger partial charge in [0.15, 0.2) is 0 Å². The number of methoxy groups -OCH3 is 2. The second kappa shape index (κ2) is 15.5. The summed E-state index contributed by atoms with van der Waals surface area (Å²) in [5, 5.41) is 2.94. The van der Waals surface area contributed by atoms with Crippen molar-refractivity contribution in [3.63, 3.8) is 0 Å². The quantitative estimate of drug-likeness (QED) is 0.278. The summed E-state index contributed by atoms with van der Waals surface area (Å²) >= 11 is 0. The highest BCUT2D eigenvalue weighted by molar-refractivity contribution is 7.91. The molecular formula is C40H48N6O8S. The van der Waals surface area contributed by atoms with Crippen LogP contribution in [0.3, 0.4) is 0 Å². The Morgan fingerprint density at radius 1 is 1.00 bits per heavy atom. The predicted molar refractivity (Wildman–Crippen MR) is 204 cm³/mol. The summed E-state index contributed by atoms with van der Waals surface area (Å²) in [6.45, 7) is 2.42. The Morgan fingerprint density at radius 2 is 1.76 bits per heavy atom. The lowest BCUT2D eigenvalue weighted by atomic mass is 10.1. The average Bonchev–Trinajstić information content (AvgIpc) is 4.07. The molecule has 55 heavy (non-hydrogen) atoms. The van der Waals surface area contributed by atoms with E-state index in [0.29, 0.717) is 37.4 Å². The van der Waals surface area contributed by atoms with Crippen molar-refractivity contribution in [2.45, 2.75) is 87.3 Å². The molecular weight excluding hydrogens is 725 g/mol. The smallest absolute Gasteiger partial charge is 0.321 e. The minimum atomic E-state index is -3.97. The molecule has 4 atom stereocenters. The maximum absolute atomic E-state index is 14.7. The highest BCUT2D eigenvalue weighted by atomic mass is 32.2. The van der Waals surface area contributed by atoms with Gasteiger partial charge in [-0.1, -0.05) is 61.0 Å². The fraction of sp³-hybridized carbons (Fsp3) is 0.475. The number of amides is 4. The minimum absolute atomic E-state index is 0.0539. The number of sulfonamides is 1. The van der Waals surface area contributed by atoms with Gasteiger partial charge in [-0.05, 0) is 63.1 Å². The summed E-state index contributed by atoms with van der Waals surface area (Å²) in [6.07, 6.45) is 7.68. The van der Waals surface area contributed by atoms with Gasteiger partial charge in [0.1, 0.15) is 23.4 Å². The van der Waals surface area contributed by atoms with E-state index in [4.69, 9.17) is 14.2 Å². The van der Waals surface area contributed by atoms with Gasteiger partial charge < -0.3 is 29.3 Å². The third-order valence-corrected chi connectivity index (χ3v) is 13.3. The Labute approximate surface area is 321 Å². The molecule has 7 rings (SSSR count). The van der Waals surface area contributed by atoms with Crippen molar-refractivity contribution in [3.05, 3.63) is 78.4 Å². The Balaban J connectivity index is 1.19. The number of hydrogen-bond acceptors (Lipinski definition) is 10. The van der Waals surface area contributed by atoms with Gasteiger partial charge in [-0.25, -0.2) is 13.2 Å². The number of carbonyl (C=O) groups is 3.